The zero-order chi connectivity index (χ0) is 18.9. The number of hydrogen-bond acceptors (Lipinski definition) is 5. The van der Waals surface area contributed by atoms with Gasteiger partial charge in [-0.3, -0.25) is 15.1 Å². The van der Waals surface area contributed by atoms with Crippen molar-refractivity contribution in [2.24, 2.45) is 0 Å². The van der Waals surface area contributed by atoms with Crippen LogP contribution in [0, 0.1) is 5.41 Å². The van der Waals surface area contributed by atoms with E-state index in [1.54, 1.807) is 0 Å². The van der Waals surface area contributed by atoms with E-state index >= 15 is 0 Å². The van der Waals surface area contributed by atoms with E-state index in [-0.39, 0.29) is 23.2 Å². The maximum Gasteiger partial charge on any atom is 0.351 e. The summed E-state index contributed by atoms with van der Waals surface area (Å²) in [7, 11) is 1.31. The summed E-state index contributed by atoms with van der Waals surface area (Å²) in [6.07, 6.45) is 2.65. The van der Waals surface area contributed by atoms with Crippen LogP contribution < -0.4 is 4.90 Å². The molecule has 1 fully saturated rings. The van der Waals surface area contributed by atoms with Crippen LogP contribution in [0.5, 0.6) is 0 Å². The Balaban J connectivity index is 1.63. The van der Waals surface area contributed by atoms with Gasteiger partial charge in [0.25, 0.3) is 0 Å². The molecule has 0 bridgehead atoms. The van der Waals surface area contributed by atoms with Crippen LogP contribution in [-0.2, 0) is 20.7 Å². The topological polar surface area (TPSA) is 73.7 Å². The van der Waals surface area contributed by atoms with Crippen molar-refractivity contribution in [3.63, 3.8) is 0 Å². The zero-order valence-electron chi connectivity index (χ0n) is 15.7. The molecule has 0 atom stereocenters. The van der Waals surface area contributed by atoms with E-state index in [1.807, 2.05) is 29.2 Å². The number of fused-ring (bicyclic) bond motifs is 1. The molecule has 2 aliphatic rings. The smallest absolute Gasteiger partial charge is 0.351 e. The van der Waals surface area contributed by atoms with Crippen molar-refractivity contribution in [1.29, 1.82) is 5.41 Å². The van der Waals surface area contributed by atoms with Crippen molar-refractivity contribution in [1.82, 2.24) is 4.90 Å². The number of likely N-dealkylation sites (tertiary alicyclic amines) is 1. The fraction of sp³-hybridized carbons (Fsp3) is 0.550. The molecule has 2 heterocycles. The quantitative estimate of drug-likeness (QED) is 0.649. The van der Waals surface area contributed by atoms with Crippen molar-refractivity contribution in [3.05, 3.63) is 29.8 Å². The number of nitrogens with zero attached hydrogens (tertiary/aromatic N) is 2. The first-order valence-electron chi connectivity index (χ1n) is 9.14. The molecule has 1 N–H and O–H groups in total. The molecule has 2 aliphatic heterocycles. The summed E-state index contributed by atoms with van der Waals surface area (Å²) in [6.45, 7) is 5.80. The lowest BCUT2D eigenvalue weighted by Crippen LogP contribution is -2.53. The van der Waals surface area contributed by atoms with Crippen LogP contribution in [0.4, 0.5) is 5.69 Å². The minimum atomic E-state index is -0.563. The number of ether oxygens (including phenoxy) is 1. The number of esters is 1. The van der Waals surface area contributed by atoms with E-state index in [0.29, 0.717) is 12.8 Å². The molecule has 0 aromatic heterocycles. The molecule has 140 valence electrons. The normalized spacial score (nSPS) is 18.7. The highest BCUT2D eigenvalue weighted by Crippen LogP contribution is 2.34. The second kappa shape index (κ2) is 7.19. The van der Waals surface area contributed by atoms with Gasteiger partial charge in [0.2, 0.25) is 5.91 Å². The standard InChI is InChI=1S/C20H27N3O3/c1-20(2,13-16(21)19(25)26-3)22-10-8-15(9-11-22)23-17-7-5-4-6-14(17)12-18(23)24/h4-7,15,21H,8-13H2,1-3H3. The number of anilines is 1. The van der Waals surface area contributed by atoms with Gasteiger partial charge in [0.15, 0.2) is 0 Å². The van der Waals surface area contributed by atoms with Gasteiger partial charge in [0.1, 0.15) is 5.71 Å². The average molecular weight is 357 g/mol. The summed E-state index contributed by atoms with van der Waals surface area (Å²) in [5.41, 5.74) is 1.89. The molecule has 1 amide bonds. The third-order valence-electron chi connectivity index (χ3n) is 5.59. The molecule has 6 heteroatoms. The van der Waals surface area contributed by atoms with E-state index in [2.05, 4.69) is 23.5 Å². The van der Waals surface area contributed by atoms with Gasteiger partial charge in [-0.25, -0.2) is 4.79 Å². The van der Waals surface area contributed by atoms with Crippen LogP contribution in [0.1, 0.15) is 38.7 Å². The molecule has 0 radical (unpaired) electrons. The highest BCUT2D eigenvalue weighted by molar-refractivity contribution is 6.35. The molecule has 1 aromatic carbocycles. The lowest BCUT2D eigenvalue weighted by Gasteiger charge is -2.44. The maximum absolute atomic E-state index is 12.5. The minimum absolute atomic E-state index is 0.00303. The van der Waals surface area contributed by atoms with Crippen molar-refractivity contribution in [2.75, 3.05) is 25.1 Å². The average Bonchev–Trinajstić information content (AvgIpc) is 2.96. The summed E-state index contributed by atoms with van der Waals surface area (Å²) < 4.78 is 4.65. The van der Waals surface area contributed by atoms with E-state index in [0.717, 1.165) is 37.2 Å². The predicted molar refractivity (Wildman–Crippen MR) is 101 cm³/mol. The predicted octanol–water partition coefficient (Wildman–Crippen LogP) is 2.40. The lowest BCUT2D eigenvalue weighted by molar-refractivity contribution is -0.133. The summed E-state index contributed by atoms with van der Waals surface area (Å²) >= 11 is 0. The van der Waals surface area contributed by atoms with Gasteiger partial charge in [-0.2, -0.15) is 0 Å². The Bertz CT molecular complexity index is 721. The van der Waals surface area contributed by atoms with Gasteiger partial charge in [-0.05, 0) is 38.3 Å². The Labute approximate surface area is 154 Å². The Hall–Kier alpha value is -2.21. The van der Waals surface area contributed by atoms with E-state index in [4.69, 9.17) is 5.41 Å². The van der Waals surface area contributed by atoms with E-state index < -0.39 is 5.97 Å². The zero-order valence-corrected chi connectivity index (χ0v) is 15.7. The van der Waals surface area contributed by atoms with Crippen LogP contribution in [-0.4, -0.2) is 54.3 Å². The Morgan fingerprint density at radius 2 is 1.92 bits per heavy atom. The second-order valence-corrected chi connectivity index (χ2v) is 7.75. The number of nitrogens with one attached hydrogen (secondary N) is 1. The molecular formula is C20H27N3O3. The first-order chi connectivity index (χ1) is 12.3. The Morgan fingerprint density at radius 1 is 1.27 bits per heavy atom. The summed E-state index contributed by atoms with van der Waals surface area (Å²) in [5, 5.41) is 7.90. The van der Waals surface area contributed by atoms with Crippen LogP contribution in [0.15, 0.2) is 24.3 Å². The molecule has 1 saturated heterocycles. The van der Waals surface area contributed by atoms with Crippen LogP contribution in [0.3, 0.4) is 0 Å². The van der Waals surface area contributed by atoms with Gasteiger partial charge >= 0.3 is 5.97 Å². The van der Waals surface area contributed by atoms with Crippen LogP contribution >= 0.6 is 0 Å². The van der Waals surface area contributed by atoms with Crippen molar-refractivity contribution in [3.8, 4) is 0 Å². The molecule has 3 rings (SSSR count). The van der Waals surface area contributed by atoms with Gasteiger partial charge in [-0.15, -0.1) is 0 Å². The molecule has 0 aliphatic carbocycles. The van der Waals surface area contributed by atoms with Crippen molar-refractivity contribution >= 4 is 23.3 Å². The third-order valence-corrected chi connectivity index (χ3v) is 5.59. The molecular weight excluding hydrogens is 330 g/mol. The number of carbonyl (C=O) groups excluding carboxylic acids is 2. The molecule has 1 aromatic rings. The first-order valence-corrected chi connectivity index (χ1v) is 9.14. The monoisotopic (exact) mass is 357 g/mol. The van der Waals surface area contributed by atoms with E-state index in [1.165, 1.54) is 7.11 Å². The van der Waals surface area contributed by atoms with Crippen molar-refractivity contribution < 1.29 is 14.3 Å². The summed E-state index contributed by atoms with van der Waals surface area (Å²) in [5.74, 6) is -0.372. The third kappa shape index (κ3) is 3.51. The Kier molecular flexibility index (Phi) is 5.14. The lowest BCUT2D eigenvalue weighted by atomic mass is 9.91. The number of amides is 1. The minimum Gasteiger partial charge on any atom is -0.465 e. The summed E-state index contributed by atoms with van der Waals surface area (Å²) in [6, 6.07) is 8.26. The van der Waals surface area contributed by atoms with Gasteiger partial charge < -0.3 is 9.64 Å². The fourth-order valence-electron chi connectivity index (χ4n) is 4.15. The van der Waals surface area contributed by atoms with Crippen LogP contribution in [0.25, 0.3) is 0 Å². The molecule has 0 spiro atoms. The number of rotatable bonds is 5. The van der Waals surface area contributed by atoms with E-state index in [9.17, 15) is 9.59 Å². The van der Waals surface area contributed by atoms with Crippen molar-refractivity contribution in [2.45, 2.75) is 51.1 Å². The number of carbonyl (C=O) groups is 2. The number of methoxy groups -OCH3 is 1. The molecule has 0 saturated carbocycles. The Morgan fingerprint density at radius 3 is 2.58 bits per heavy atom. The number of piperidine rings is 1. The highest BCUT2D eigenvalue weighted by Gasteiger charge is 2.38. The highest BCUT2D eigenvalue weighted by atomic mass is 16.5. The SMILES string of the molecule is COC(=O)C(=N)CC(C)(C)N1CCC(N2C(=O)Cc3ccccc32)CC1. The number of hydrogen-bond donors (Lipinski definition) is 1. The van der Waals surface area contributed by atoms with Crippen LogP contribution in [0.2, 0.25) is 0 Å². The molecule has 0 unspecified atom stereocenters. The molecule has 26 heavy (non-hydrogen) atoms. The first kappa shape index (κ1) is 18.6. The van der Waals surface area contributed by atoms with Gasteiger partial charge in [0.05, 0.1) is 13.5 Å². The number of para-hydroxylation sites is 1. The fourth-order valence-corrected chi connectivity index (χ4v) is 4.15. The summed E-state index contributed by atoms with van der Waals surface area (Å²) in [4.78, 5) is 28.3. The maximum atomic E-state index is 12.5. The molecule has 6 nitrogen and oxygen atoms in total. The van der Waals surface area contributed by atoms with Gasteiger partial charge in [0, 0.05) is 36.8 Å². The largest absolute Gasteiger partial charge is 0.465 e. The van der Waals surface area contributed by atoms with Gasteiger partial charge in [-0.1, -0.05) is 18.2 Å². The second-order valence-electron chi connectivity index (χ2n) is 7.75. The number of benzene rings is 1.